The van der Waals surface area contributed by atoms with Gasteiger partial charge in [0.1, 0.15) is 5.75 Å². The highest BCUT2D eigenvalue weighted by molar-refractivity contribution is 7.71. The minimum absolute atomic E-state index is 0.0783. The molecular formula is C20H22N4O3S. The van der Waals surface area contributed by atoms with Gasteiger partial charge in [-0.25, -0.2) is 5.10 Å². The molecule has 3 aromatic rings. The fraction of sp³-hybridized carbons (Fsp3) is 0.250. The van der Waals surface area contributed by atoms with E-state index in [0.29, 0.717) is 22.1 Å². The van der Waals surface area contributed by atoms with Crippen LogP contribution in [0.15, 0.2) is 47.6 Å². The van der Waals surface area contributed by atoms with Crippen LogP contribution < -0.4 is 14.2 Å². The summed E-state index contributed by atoms with van der Waals surface area (Å²) in [7, 11) is 3.18. The number of ether oxygens (including phenoxy) is 3. The fourth-order valence-corrected chi connectivity index (χ4v) is 2.88. The van der Waals surface area contributed by atoms with E-state index in [-0.39, 0.29) is 6.10 Å². The van der Waals surface area contributed by atoms with Crippen molar-refractivity contribution in [2.24, 2.45) is 5.10 Å². The van der Waals surface area contributed by atoms with Gasteiger partial charge in [0.2, 0.25) is 4.77 Å². The van der Waals surface area contributed by atoms with Crippen LogP contribution in [0.25, 0.3) is 11.4 Å². The Morgan fingerprint density at radius 3 is 2.64 bits per heavy atom. The summed E-state index contributed by atoms with van der Waals surface area (Å²) in [6, 6.07) is 13.2. The number of hydrogen-bond donors (Lipinski definition) is 1. The predicted octanol–water partition coefficient (Wildman–Crippen LogP) is 4.29. The van der Waals surface area contributed by atoms with Crippen LogP contribution in [0.3, 0.4) is 0 Å². The Bertz CT molecular complexity index is 1040. The van der Waals surface area contributed by atoms with Gasteiger partial charge in [0, 0.05) is 11.1 Å². The molecule has 0 saturated carbocycles. The molecule has 0 radical (unpaired) electrons. The topological polar surface area (TPSA) is 73.7 Å². The van der Waals surface area contributed by atoms with Crippen LogP contribution in [0.5, 0.6) is 17.2 Å². The highest BCUT2D eigenvalue weighted by atomic mass is 32.1. The van der Waals surface area contributed by atoms with Crippen molar-refractivity contribution in [3.63, 3.8) is 0 Å². The number of para-hydroxylation sites is 1. The number of hydrogen-bond acceptors (Lipinski definition) is 6. The molecule has 0 spiro atoms. The van der Waals surface area contributed by atoms with Crippen molar-refractivity contribution >= 4 is 18.4 Å². The highest BCUT2D eigenvalue weighted by Crippen LogP contribution is 2.29. The molecule has 2 aromatic carbocycles. The zero-order chi connectivity index (χ0) is 20.1. The van der Waals surface area contributed by atoms with Crippen molar-refractivity contribution in [2.75, 3.05) is 14.2 Å². The molecule has 0 unspecified atom stereocenters. The van der Waals surface area contributed by atoms with Crippen LogP contribution in [-0.4, -0.2) is 41.4 Å². The lowest BCUT2D eigenvalue weighted by Crippen LogP contribution is -2.05. The maximum Gasteiger partial charge on any atom is 0.216 e. The van der Waals surface area contributed by atoms with E-state index in [9.17, 15) is 0 Å². The predicted molar refractivity (Wildman–Crippen MR) is 111 cm³/mol. The van der Waals surface area contributed by atoms with Crippen LogP contribution in [0, 0.1) is 4.77 Å². The molecular weight excluding hydrogens is 376 g/mol. The summed E-state index contributed by atoms with van der Waals surface area (Å²) in [5.41, 5.74) is 1.59. The lowest BCUT2D eigenvalue weighted by Gasteiger charge is -2.11. The number of methoxy groups -OCH3 is 2. The Morgan fingerprint density at radius 2 is 1.93 bits per heavy atom. The molecule has 0 atom stereocenters. The Kier molecular flexibility index (Phi) is 6.10. The molecule has 28 heavy (non-hydrogen) atoms. The Balaban J connectivity index is 1.99. The van der Waals surface area contributed by atoms with Gasteiger partial charge in [0.05, 0.1) is 26.5 Å². The molecule has 8 heteroatoms. The molecule has 0 aliphatic rings. The van der Waals surface area contributed by atoms with Gasteiger partial charge in [0.25, 0.3) is 0 Å². The molecule has 1 heterocycles. The number of benzene rings is 2. The summed E-state index contributed by atoms with van der Waals surface area (Å²) in [6.07, 6.45) is 1.74. The first-order chi connectivity index (χ1) is 13.5. The van der Waals surface area contributed by atoms with E-state index in [1.54, 1.807) is 25.1 Å². The first-order valence-electron chi connectivity index (χ1n) is 8.73. The number of nitrogens with one attached hydrogen (secondary N) is 1. The molecule has 0 aliphatic carbocycles. The van der Waals surface area contributed by atoms with Crippen molar-refractivity contribution in [2.45, 2.75) is 20.0 Å². The number of rotatable bonds is 7. The van der Waals surface area contributed by atoms with E-state index in [1.807, 2.05) is 56.3 Å². The lowest BCUT2D eigenvalue weighted by atomic mass is 10.2. The molecule has 0 fully saturated rings. The number of H-pyrrole nitrogens is 1. The minimum Gasteiger partial charge on any atom is -0.493 e. The SMILES string of the molecule is COc1cccc(/C=N\n2c(-c3cccc(OC(C)C)c3)n[nH]c2=S)c1OC. The zero-order valence-electron chi connectivity index (χ0n) is 16.2. The average molecular weight is 398 g/mol. The van der Waals surface area contributed by atoms with E-state index >= 15 is 0 Å². The zero-order valence-corrected chi connectivity index (χ0v) is 17.0. The monoisotopic (exact) mass is 398 g/mol. The Morgan fingerprint density at radius 1 is 1.14 bits per heavy atom. The van der Waals surface area contributed by atoms with Gasteiger partial charge in [-0.1, -0.05) is 18.2 Å². The second-order valence-electron chi connectivity index (χ2n) is 6.19. The standard InChI is InChI=1S/C20H22N4O3S/c1-13(2)27-16-9-5-7-14(11-16)19-22-23-20(28)24(19)21-12-15-8-6-10-17(25-3)18(15)26-4/h5-13H,1-4H3,(H,23,28)/b21-12-. The van der Waals surface area contributed by atoms with E-state index < -0.39 is 0 Å². The second kappa shape index (κ2) is 8.71. The first kappa shape index (κ1) is 19.6. The van der Waals surface area contributed by atoms with Crippen LogP contribution in [0.1, 0.15) is 19.4 Å². The summed E-state index contributed by atoms with van der Waals surface area (Å²) >= 11 is 5.34. The van der Waals surface area contributed by atoms with Crippen molar-refractivity contribution in [3.8, 4) is 28.6 Å². The molecule has 3 rings (SSSR count). The van der Waals surface area contributed by atoms with E-state index in [0.717, 1.165) is 16.9 Å². The summed E-state index contributed by atoms with van der Waals surface area (Å²) in [5.74, 6) is 2.56. The minimum atomic E-state index is 0.0783. The summed E-state index contributed by atoms with van der Waals surface area (Å²) in [5, 5.41) is 11.6. The van der Waals surface area contributed by atoms with Gasteiger partial charge >= 0.3 is 0 Å². The molecule has 1 N–H and O–H groups in total. The van der Waals surface area contributed by atoms with Crippen molar-refractivity contribution in [3.05, 3.63) is 52.8 Å². The summed E-state index contributed by atoms with van der Waals surface area (Å²) in [6.45, 7) is 3.96. The Hall–Kier alpha value is -3.13. The normalized spacial score (nSPS) is 11.2. The van der Waals surface area contributed by atoms with Crippen molar-refractivity contribution in [1.82, 2.24) is 14.9 Å². The van der Waals surface area contributed by atoms with Crippen molar-refractivity contribution in [1.29, 1.82) is 0 Å². The summed E-state index contributed by atoms with van der Waals surface area (Å²) in [4.78, 5) is 0. The van der Waals surface area contributed by atoms with Gasteiger partial charge in [-0.2, -0.15) is 14.9 Å². The van der Waals surface area contributed by atoms with Gasteiger partial charge < -0.3 is 14.2 Å². The summed E-state index contributed by atoms with van der Waals surface area (Å²) < 4.78 is 18.5. The van der Waals surface area contributed by atoms with Crippen LogP contribution in [0.2, 0.25) is 0 Å². The molecule has 0 saturated heterocycles. The van der Waals surface area contributed by atoms with Gasteiger partial charge in [-0.3, -0.25) is 0 Å². The fourth-order valence-electron chi connectivity index (χ4n) is 2.70. The van der Waals surface area contributed by atoms with Crippen LogP contribution in [-0.2, 0) is 0 Å². The van der Waals surface area contributed by atoms with E-state index in [4.69, 9.17) is 26.4 Å². The third-order valence-electron chi connectivity index (χ3n) is 3.86. The molecule has 7 nitrogen and oxygen atoms in total. The quantitative estimate of drug-likeness (QED) is 0.475. The third-order valence-corrected chi connectivity index (χ3v) is 4.12. The van der Waals surface area contributed by atoms with Gasteiger partial charge in [0.15, 0.2) is 17.3 Å². The van der Waals surface area contributed by atoms with E-state index in [2.05, 4.69) is 15.3 Å². The maximum atomic E-state index is 5.77. The average Bonchev–Trinajstić information content (AvgIpc) is 3.06. The molecule has 146 valence electrons. The van der Waals surface area contributed by atoms with Crippen LogP contribution in [0.4, 0.5) is 0 Å². The molecule has 0 aliphatic heterocycles. The third kappa shape index (κ3) is 4.23. The van der Waals surface area contributed by atoms with Crippen molar-refractivity contribution < 1.29 is 14.2 Å². The van der Waals surface area contributed by atoms with Crippen LogP contribution >= 0.6 is 12.2 Å². The first-order valence-corrected chi connectivity index (χ1v) is 9.14. The van der Waals surface area contributed by atoms with Gasteiger partial charge in [-0.05, 0) is 50.3 Å². The molecule has 0 amide bonds. The molecule has 1 aromatic heterocycles. The number of nitrogens with zero attached hydrogens (tertiary/aromatic N) is 3. The maximum absolute atomic E-state index is 5.77. The molecule has 0 bridgehead atoms. The lowest BCUT2D eigenvalue weighted by molar-refractivity contribution is 0.242. The highest BCUT2D eigenvalue weighted by Gasteiger charge is 2.11. The number of aromatic nitrogens is 3. The second-order valence-corrected chi connectivity index (χ2v) is 6.57. The Labute approximate surface area is 168 Å². The van der Waals surface area contributed by atoms with Gasteiger partial charge in [-0.15, -0.1) is 0 Å². The smallest absolute Gasteiger partial charge is 0.216 e. The number of aromatic amines is 1. The largest absolute Gasteiger partial charge is 0.493 e. The van der Waals surface area contributed by atoms with E-state index in [1.165, 1.54) is 0 Å².